The second-order valence-corrected chi connectivity index (χ2v) is 1.32. The van der Waals surface area contributed by atoms with Crippen LogP contribution in [0.25, 0.3) is 0 Å². The molecule has 0 N–H and O–H groups in total. The van der Waals surface area contributed by atoms with E-state index in [9.17, 15) is 30.7 Å². The van der Waals surface area contributed by atoms with E-state index in [0.717, 1.165) is 0 Å². The third kappa shape index (κ3) is 4.02. The van der Waals surface area contributed by atoms with Crippen LogP contribution in [0, 0.1) is 6.43 Å². The highest BCUT2D eigenvalue weighted by molar-refractivity contribution is 4.73. The first-order chi connectivity index (χ1) is 4.65. The van der Waals surface area contributed by atoms with Crippen LogP contribution >= 0.6 is 0 Å². The van der Waals surface area contributed by atoms with Gasteiger partial charge in [-0.3, -0.25) is 0 Å². The van der Waals surface area contributed by atoms with E-state index in [4.69, 9.17) is 0 Å². The molecule has 8 heteroatoms. The average Bonchev–Trinajstić information content (AvgIpc) is 1.56. The lowest BCUT2D eigenvalue weighted by atomic mass is 10.7. The maximum Gasteiger partial charge on any atom is 0.527 e. The Balaban J connectivity index is 4.13. The van der Waals surface area contributed by atoms with Gasteiger partial charge in [0.25, 0.3) is 0 Å². The molecule has 67 valence electrons. The maximum absolute atomic E-state index is 11.3. The summed E-state index contributed by atoms with van der Waals surface area (Å²) in [5.41, 5.74) is 0. The van der Waals surface area contributed by atoms with Gasteiger partial charge >= 0.3 is 18.9 Å². The maximum atomic E-state index is 11.3. The summed E-state index contributed by atoms with van der Waals surface area (Å²) in [5, 5.41) is 0. The Morgan fingerprint density at radius 2 is 1.27 bits per heavy atom. The highest BCUT2D eigenvalue weighted by Gasteiger charge is 2.53. The van der Waals surface area contributed by atoms with Gasteiger partial charge in [0, 0.05) is 0 Å². The van der Waals surface area contributed by atoms with Crippen molar-refractivity contribution in [2.24, 2.45) is 0 Å². The lowest BCUT2D eigenvalue weighted by Crippen LogP contribution is -2.32. The number of halogens is 7. The van der Waals surface area contributed by atoms with Crippen molar-refractivity contribution < 1.29 is 35.5 Å². The molecule has 0 aromatic heterocycles. The zero-order chi connectivity index (χ0) is 9.28. The number of rotatable bonds is 2. The summed E-state index contributed by atoms with van der Waals surface area (Å²) in [5.74, 6) is 0. The Hall–Kier alpha value is -0.530. The number of hydrogen-bond donors (Lipinski definition) is 0. The van der Waals surface area contributed by atoms with Gasteiger partial charge in [-0.05, 0) is 0 Å². The molecule has 0 saturated carbocycles. The zero-order valence-corrected chi connectivity index (χ0v) is 4.55. The molecule has 11 heavy (non-hydrogen) atoms. The van der Waals surface area contributed by atoms with Crippen molar-refractivity contribution in [1.82, 2.24) is 0 Å². The predicted molar refractivity (Wildman–Crippen MR) is 17.5 cm³/mol. The molecule has 0 unspecified atom stereocenters. The van der Waals surface area contributed by atoms with E-state index < -0.39 is 18.9 Å². The molecule has 0 amide bonds. The van der Waals surface area contributed by atoms with Crippen molar-refractivity contribution in [3.05, 3.63) is 6.43 Å². The minimum Gasteiger partial charge on any atom is -0.221 e. The van der Waals surface area contributed by atoms with Crippen LogP contribution in [0.15, 0.2) is 0 Å². The lowest BCUT2D eigenvalue weighted by molar-refractivity contribution is -0.430. The fraction of sp³-hybridized carbons (Fsp3) is 0.667. The van der Waals surface area contributed by atoms with E-state index >= 15 is 0 Å². The Morgan fingerprint density at radius 1 is 0.909 bits per heavy atom. The normalized spacial score (nSPS) is 14.2. The topological polar surface area (TPSA) is 9.23 Å². The summed E-state index contributed by atoms with van der Waals surface area (Å²) in [6, 6.07) is 0. The molecule has 0 aliphatic heterocycles. The van der Waals surface area contributed by atoms with Crippen LogP contribution < -0.4 is 0 Å². The van der Waals surface area contributed by atoms with Gasteiger partial charge in [-0.1, -0.05) is 0 Å². The Kier molecular flexibility index (Phi) is 2.70. The van der Waals surface area contributed by atoms with Crippen LogP contribution in [0.2, 0.25) is 0 Å². The quantitative estimate of drug-likeness (QED) is 0.600. The third-order valence-electron chi connectivity index (χ3n) is 0.464. The number of alkyl halides is 5. The predicted octanol–water partition coefficient (Wildman–Crippen LogP) is 2.54. The Bertz CT molecular complexity index is 126. The van der Waals surface area contributed by atoms with Crippen LogP contribution in [-0.4, -0.2) is 12.5 Å². The molecule has 0 atom stereocenters. The van der Waals surface area contributed by atoms with Crippen molar-refractivity contribution in [3.8, 4) is 0 Å². The van der Waals surface area contributed by atoms with Crippen LogP contribution in [0.1, 0.15) is 0 Å². The molecule has 1 nitrogen and oxygen atoms in total. The molecule has 0 aliphatic carbocycles. The molecule has 0 aromatic carbocycles. The third-order valence-corrected chi connectivity index (χ3v) is 0.464. The standard InChI is InChI=1S/C3F7O/c4-1(5)2(6,7)11-3(8,9)10. The summed E-state index contributed by atoms with van der Waals surface area (Å²) >= 11 is 0. The fourth-order valence-electron chi connectivity index (χ4n) is 0.184. The van der Waals surface area contributed by atoms with E-state index in [-0.39, 0.29) is 0 Å². The van der Waals surface area contributed by atoms with Crippen LogP contribution in [0.3, 0.4) is 0 Å². The van der Waals surface area contributed by atoms with Gasteiger partial charge in [-0.25, -0.2) is 4.74 Å². The van der Waals surface area contributed by atoms with E-state index in [1.165, 1.54) is 0 Å². The van der Waals surface area contributed by atoms with Crippen molar-refractivity contribution >= 4 is 0 Å². The van der Waals surface area contributed by atoms with Gasteiger partial charge in [0.15, 0.2) is 0 Å². The van der Waals surface area contributed by atoms with Crippen LogP contribution in [0.5, 0.6) is 0 Å². The first-order valence-electron chi connectivity index (χ1n) is 1.98. The number of ether oxygens (including phenoxy) is 1. The van der Waals surface area contributed by atoms with Gasteiger partial charge < -0.3 is 0 Å². The molecule has 0 saturated heterocycles. The average molecular weight is 185 g/mol. The Labute approximate surface area is 55.7 Å². The van der Waals surface area contributed by atoms with E-state index in [1.807, 2.05) is 0 Å². The minimum atomic E-state index is -5.78. The van der Waals surface area contributed by atoms with Gasteiger partial charge in [0.2, 0.25) is 0 Å². The lowest BCUT2D eigenvalue weighted by Gasteiger charge is -2.15. The minimum absolute atomic E-state index is 1.77. The van der Waals surface area contributed by atoms with Crippen molar-refractivity contribution in [1.29, 1.82) is 0 Å². The smallest absolute Gasteiger partial charge is 0.221 e. The molecule has 0 heterocycles. The fourth-order valence-corrected chi connectivity index (χ4v) is 0.184. The van der Waals surface area contributed by atoms with Crippen molar-refractivity contribution in [2.75, 3.05) is 0 Å². The molecule has 1 radical (unpaired) electrons. The first kappa shape index (κ1) is 10.5. The van der Waals surface area contributed by atoms with E-state index in [1.54, 1.807) is 4.74 Å². The van der Waals surface area contributed by atoms with Gasteiger partial charge in [0.1, 0.15) is 0 Å². The van der Waals surface area contributed by atoms with Gasteiger partial charge in [-0.2, -0.15) is 17.6 Å². The molecule has 0 bridgehead atoms. The van der Waals surface area contributed by atoms with Gasteiger partial charge in [0.05, 0.1) is 0 Å². The highest BCUT2D eigenvalue weighted by atomic mass is 19.4. The first-order valence-corrected chi connectivity index (χ1v) is 1.98. The summed E-state index contributed by atoms with van der Waals surface area (Å²) in [4.78, 5) is 0. The number of hydrogen-bond acceptors (Lipinski definition) is 1. The SMILES string of the molecule is F[C](F)C(F)(F)OC(F)(F)F. The van der Waals surface area contributed by atoms with E-state index in [0.29, 0.717) is 0 Å². The second kappa shape index (κ2) is 2.84. The second-order valence-electron chi connectivity index (χ2n) is 1.32. The summed E-state index contributed by atoms with van der Waals surface area (Å²) in [6.07, 6.45) is -15.1. The monoisotopic (exact) mass is 185 g/mol. The van der Waals surface area contributed by atoms with Crippen LogP contribution in [0.4, 0.5) is 30.7 Å². The molecule has 0 aliphatic rings. The van der Waals surface area contributed by atoms with Crippen molar-refractivity contribution in [2.45, 2.75) is 12.5 Å². The molecule has 0 spiro atoms. The highest BCUT2D eigenvalue weighted by Crippen LogP contribution is 2.36. The molecular weight excluding hydrogens is 185 g/mol. The summed E-state index contributed by atoms with van der Waals surface area (Å²) in [6.45, 7) is 0. The molecule has 0 fully saturated rings. The molecule has 0 rings (SSSR count). The van der Waals surface area contributed by atoms with Gasteiger partial charge in [-0.15, -0.1) is 13.2 Å². The molecule has 0 aromatic rings. The van der Waals surface area contributed by atoms with Crippen LogP contribution in [-0.2, 0) is 4.74 Å². The molecular formula is C3F7O. The largest absolute Gasteiger partial charge is 0.527 e. The van der Waals surface area contributed by atoms with E-state index in [2.05, 4.69) is 0 Å². The zero-order valence-electron chi connectivity index (χ0n) is 4.55. The summed E-state index contributed by atoms with van der Waals surface area (Å²) < 4.78 is 78.7. The van der Waals surface area contributed by atoms with Crippen molar-refractivity contribution in [3.63, 3.8) is 0 Å². The Morgan fingerprint density at radius 3 is 1.36 bits per heavy atom. The summed E-state index contributed by atoms with van der Waals surface area (Å²) in [7, 11) is 0.